The molecule has 10 nitrogen and oxygen atoms in total. The van der Waals surface area contributed by atoms with Gasteiger partial charge in [0.1, 0.15) is 0 Å². The van der Waals surface area contributed by atoms with E-state index in [1.54, 1.807) is 17.6 Å². The third kappa shape index (κ3) is 4.36. The van der Waals surface area contributed by atoms with Gasteiger partial charge in [-0.1, -0.05) is 29.4 Å². The smallest absolute Gasteiger partial charge is 0.309 e. The van der Waals surface area contributed by atoms with E-state index in [1.165, 1.54) is 35.9 Å². The number of hydrogen-bond acceptors (Lipinski definition) is 7. The van der Waals surface area contributed by atoms with Crippen LogP contribution in [0.2, 0.25) is 0 Å². The van der Waals surface area contributed by atoms with Crippen LogP contribution in [0.5, 0.6) is 0 Å². The molecule has 2 aromatic heterocycles. The SMILES string of the molecule is C/C(Cl)=C/Cn1c(SCC(=O)c2ccc([N+](=O)[O-])cc2)nc2c1c(=O)[nH]c(=O)n2C. The molecule has 3 rings (SSSR count). The van der Waals surface area contributed by atoms with Crippen LogP contribution >= 0.6 is 23.4 Å². The molecule has 2 heterocycles. The number of nitro groups is 1. The van der Waals surface area contributed by atoms with Gasteiger partial charge < -0.3 is 4.57 Å². The lowest BCUT2D eigenvalue weighted by Crippen LogP contribution is -2.29. The van der Waals surface area contributed by atoms with Gasteiger partial charge in [0, 0.05) is 36.3 Å². The Hall–Kier alpha value is -3.18. The molecule has 0 aliphatic rings. The van der Waals surface area contributed by atoms with E-state index in [2.05, 4.69) is 9.97 Å². The summed E-state index contributed by atoms with van der Waals surface area (Å²) in [6.07, 6.45) is 1.68. The van der Waals surface area contributed by atoms with E-state index in [4.69, 9.17) is 11.6 Å². The monoisotopic (exact) mass is 449 g/mol. The average Bonchev–Trinajstić information content (AvgIpc) is 3.08. The number of imidazole rings is 1. The number of nitrogens with zero attached hydrogens (tertiary/aromatic N) is 4. The lowest BCUT2D eigenvalue weighted by Gasteiger charge is -2.06. The van der Waals surface area contributed by atoms with Gasteiger partial charge in [0.15, 0.2) is 22.1 Å². The van der Waals surface area contributed by atoms with E-state index >= 15 is 0 Å². The van der Waals surface area contributed by atoms with Crippen molar-refractivity contribution in [3.63, 3.8) is 0 Å². The topological polar surface area (TPSA) is 133 Å². The Morgan fingerprint density at radius 1 is 1.33 bits per heavy atom. The van der Waals surface area contributed by atoms with Crippen molar-refractivity contribution < 1.29 is 9.72 Å². The molecular formula is C18H16ClN5O5S. The Bertz CT molecular complexity index is 1290. The van der Waals surface area contributed by atoms with Crippen molar-refractivity contribution in [1.82, 2.24) is 19.1 Å². The first-order valence-electron chi connectivity index (χ1n) is 8.61. The number of rotatable bonds is 7. The van der Waals surface area contributed by atoms with Crippen molar-refractivity contribution in [2.75, 3.05) is 5.75 Å². The van der Waals surface area contributed by atoms with Crippen LogP contribution in [0.15, 0.2) is 50.1 Å². The molecule has 0 spiro atoms. The van der Waals surface area contributed by atoms with Crippen LogP contribution < -0.4 is 11.2 Å². The zero-order chi connectivity index (χ0) is 22.0. The number of hydrogen-bond donors (Lipinski definition) is 1. The quantitative estimate of drug-likeness (QED) is 0.253. The molecule has 0 aliphatic carbocycles. The Kier molecular flexibility index (Phi) is 6.22. The number of allylic oxidation sites excluding steroid dienone is 2. The number of non-ortho nitro benzene ring substituents is 1. The Morgan fingerprint density at radius 3 is 2.60 bits per heavy atom. The number of halogens is 1. The van der Waals surface area contributed by atoms with E-state index in [0.29, 0.717) is 15.8 Å². The van der Waals surface area contributed by atoms with E-state index in [1.807, 2.05) is 0 Å². The van der Waals surface area contributed by atoms with Gasteiger partial charge in [0.2, 0.25) is 0 Å². The van der Waals surface area contributed by atoms with Crippen molar-refractivity contribution in [2.45, 2.75) is 18.6 Å². The number of benzene rings is 1. The molecule has 0 saturated carbocycles. The van der Waals surface area contributed by atoms with Crippen LogP contribution in [0.4, 0.5) is 5.69 Å². The Labute approximate surface area is 178 Å². The number of aromatic nitrogens is 4. The number of aryl methyl sites for hydroxylation is 1. The highest BCUT2D eigenvalue weighted by atomic mass is 35.5. The number of thioether (sulfide) groups is 1. The fraction of sp³-hybridized carbons (Fsp3) is 0.222. The van der Waals surface area contributed by atoms with Gasteiger partial charge in [-0.05, 0) is 19.1 Å². The molecule has 0 amide bonds. The third-order valence-electron chi connectivity index (χ3n) is 4.26. The van der Waals surface area contributed by atoms with Crippen LogP contribution in [0.25, 0.3) is 11.2 Å². The summed E-state index contributed by atoms with van der Waals surface area (Å²) in [5.74, 6) is -0.281. The fourth-order valence-electron chi connectivity index (χ4n) is 2.69. The number of H-pyrrole nitrogens is 1. The minimum absolute atomic E-state index is 0.0173. The van der Waals surface area contributed by atoms with Gasteiger partial charge in [0.05, 0.1) is 10.7 Å². The maximum absolute atomic E-state index is 12.5. The highest BCUT2D eigenvalue weighted by Crippen LogP contribution is 2.23. The van der Waals surface area contributed by atoms with Crippen LogP contribution in [-0.2, 0) is 13.6 Å². The molecule has 0 saturated heterocycles. The molecular weight excluding hydrogens is 434 g/mol. The van der Waals surface area contributed by atoms with Gasteiger partial charge in [-0.25, -0.2) is 9.78 Å². The second kappa shape index (κ2) is 8.67. The van der Waals surface area contributed by atoms with Crippen molar-refractivity contribution in [3.05, 3.63) is 71.9 Å². The number of nitrogens with one attached hydrogen (secondary N) is 1. The van der Waals surface area contributed by atoms with Gasteiger partial charge in [-0.2, -0.15) is 0 Å². The number of ketones is 1. The second-order valence-electron chi connectivity index (χ2n) is 6.30. The predicted molar refractivity (Wildman–Crippen MR) is 113 cm³/mol. The summed E-state index contributed by atoms with van der Waals surface area (Å²) in [4.78, 5) is 53.5. The van der Waals surface area contributed by atoms with E-state index in [-0.39, 0.29) is 34.9 Å². The minimum atomic E-state index is -0.597. The summed E-state index contributed by atoms with van der Waals surface area (Å²) >= 11 is 7.00. The molecule has 3 aromatic rings. The van der Waals surface area contributed by atoms with E-state index < -0.39 is 16.2 Å². The molecule has 30 heavy (non-hydrogen) atoms. The van der Waals surface area contributed by atoms with Gasteiger partial charge in [0.25, 0.3) is 11.2 Å². The number of fused-ring (bicyclic) bond motifs is 1. The number of aromatic amines is 1. The molecule has 0 atom stereocenters. The molecule has 0 bridgehead atoms. The first-order chi connectivity index (χ1) is 14.2. The maximum atomic E-state index is 12.5. The normalized spacial score (nSPS) is 11.8. The van der Waals surface area contributed by atoms with Crippen LogP contribution in [0.1, 0.15) is 17.3 Å². The predicted octanol–water partition coefficient (Wildman–Crippen LogP) is 2.45. The average molecular weight is 450 g/mol. The first kappa shape index (κ1) is 21.5. The molecule has 1 N–H and O–H groups in total. The molecule has 0 radical (unpaired) electrons. The van der Waals surface area contributed by atoms with Crippen LogP contribution in [0.3, 0.4) is 0 Å². The Morgan fingerprint density at radius 2 is 2.00 bits per heavy atom. The van der Waals surface area contributed by atoms with Gasteiger partial charge >= 0.3 is 5.69 Å². The van der Waals surface area contributed by atoms with Crippen molar-refractivity contribution in [2.24, 2.45) is 7.05 Å². The first-order valence-corrected chi connectivity index (χ1v) is 9.97. The molecule has 0 unspecified atom stereocenters. The van der Waals surface area contributed by atoms with Crippen molar-refractivity contribution in [1.29, 1.82) is 0 Å². The number of carbonyl (C=O) groups excluding carboxylic acids is 1. The van der Waals surface area contributed by atoms with Crippen LogP contribution in [-0.4, -0.2) is 35.6 Å². The summed E-state index contributed by atoms with van der Waals surface area (Å²) in [6.45, 7) is 1.91. The molecule has 156 valence electrons. The van der Waals surface area contributed by atoms with E-state index in [9.17, 15) is 24.5 Å². The minimum Gasteiger partial charge on any atom is -0.309 e. The summed E-state index contributed by atoms with van der Waals surface area (Å²) in [7, 11) is 1.48. The standard InChI is InChI=1S/C18H16ClN5O5S/c1-10(19)7-8-23-14-15(22(2)17(27)21-16(14)26)20-18(23)30-9-13(25)11-3-5-12(6-4-11)24(28)29/h3-7H,8-9H2,1-2H3,(H,21,26,27)/b10-7-. The Balaban J connectivity index is 1.94. The van der Waals surface area contributed by atoms with Crippen molar-refractivity contribution in [3.8, 4) is 0 Å². The highest BCUT2D eigenvalue weighted by molar-refractivity contribution is 7.99. The summed E-state index contributed by atoms with van der Waals surface area (Å²) < 4.78 is 2.79. The lowest BCUT2D eigenvalue weighted by atomic mass is 10.1. The van der Waals surface area contributed by atoms with Crippen molar-refractivity contribution >= 4 is 46.0 Å². The second-order valence-corrected chi connectivity index (χ2v) is 7.84. The third-order valence-corrected chi connectivity index (χ3v) is 5.39. The lowest BCUT2D eigenvalue weighted by molar-refractivity contribution is -0.384. The number of carbonyl (C=O) groups is 1. The fourth-order valence-corrected chi connectivity index (χ4v) is 3.66. The molecule has 1 aromatic carbocycles. The molecule has 0 aliphatic heterocycles. The van der Waals surface area contributed by atoms with Gasteiger partial charge in [-0.3, -0.25) is 29.3 Å². The maximum Gasteiger partial charge on any atom is 0.329 e. The largest absolute Gasteiger partial charge is 0.329 e. The highest BCUT2D eigenvalue weighted by Gasteiger charge is 2.19. The van der Waals surface area contributed by atoms with E-state index in [0.717, 1.165) is 11.8 Å². The summed E-state index contributed by atoms with van der Waals surface area (Å²) in [5, 5.41) is 11.6. The van der Waals surface area contributed by atoms with Gasteiger partial charge in [-0.15, -0.1) is 0 Å². The summed E-state index contributed by atoms with van der Waals surface area (Å²) in [6, 6.07) is 5.29. The summed E-state index contributed by atoms with van der Waals surface area (Å²) in [5.41, 5.74) is -0.595. The molecule has 12 heteroatoms. The zero-order valence-electron chi connectivity index (χ0n) is 15.9. The molecule has 0 fully saturated rings. The number of nitro benzene ring substituents is 1. The zero-order valence-corrected chi connectivity index (χ0v) is 17.5. The van der Waals surface area contributed by atoms with Crippen LogP contribution in [0, 0.1) is 10.1 Å². The number of Topliss-reactive ketones (excluding diaryl/α,β-unsaturated/α-hetero) is 1.